The van der Waals surface area contributed by atoms with E-state index in [2.05, 4.69) is 23.3 Å². The third-order valence-electron chi connectivity index (χ3n) is 4.48. The fourth-order valence-electron chi connectivity index (χ4n) is 3.07. The van der Waals surface area contributed by atoms with Gasteiger partial charge in [-0.25, -0.2) is 0 Å². The average molecular weight is 349 g/mol. The van der Waals surface area contributed by atoms with E-state index in [0.717, 1.165) is 18.5 Å². The lowest BCUT2D eigenvalue weighted by atomic mass is 10.0. The van der Waals surface area contributed by atoms with Crippen LogP contribution in [0.4, 0.5) is 0 Å². The van der Waals surface area contributed by atoms with Gasteiger partial charge in [-0.05, 0) is 48.1 Å². The lowest BCUT2D eigenvalue weighted by molar-refractivity contribution is -0.132. The van der Waals surface area contributed by atoms with Gasteiger partial charge < -0.3 is 4.90 Å². The van der Waals surface area contributed by atoms with E-state index in [1.807, 2.05) is 42.6 Å². The summed E-state index contributed by atoms with van der Waals surface area (Å²) < 4.78 is 0. The van der Waals surface area contributed by atoms with Gasteiger partial charge in [-0.1, -0.05) is 23.7 Å². The second-order valence-corrected chi connectivity index (χ2v) is 7.51. The van der Waals surface area contributed by atoms with Crippen molar-refractivity contribution >= 4 is 28.8 Å². The molecule has 0 radical (unpaired) electrons. The molecule has 0 saturated carbocycles. The third-order valence-corrected chi connectivity index (χ3v) is 5.71. The van der Waals surface area contributed by atoms with Crippen molar-refractivity contribution in [2.75, 3.05) is 20.1 Å². The van der Waals surface area contributed by atoms with E-state index in [1.165, 1.54) is 10.4 Å². The number of fused-ring (bicyclic) bond motifs is 1. The molecule has 2 aromatic rings. The number of thiophene rings is 1. The molecule has 1 aliphatic rings. The first-order chi connectivity index (χ1) is 11.0. The molecule has 122 valence electrons. The first-order valence-corrected chi connectivity index (χ1v) is 9.09. The number of nitrogens with zero attached hydrogens (tertiary/aromatic N) is 2. The Morgan fingerprint density at radius 2 is 2.26 bits per heavy atom. The van der Waals surface area contributed by atoms with Gasteiger partial charge in [0.1, 0.15) is 0 Å². The van der Waals surface area contributed by atoms with Crippen LogP contribution >= 0.6 is 22.9 Å². The number of benzene rings is 1. The predicted octanol–water partition coefficient (Wildman–Crippen LogP) is 3.98. The Hall–Kier alpha value is -1.36. The van der Waals surface area contributed by atoms with E-state index in [4.69, 9.17) is 11.6 Å². The minimum Gasteiger partial charge on any atom is -0.340 e. The normalized spacial score (nSPS) is 17.8. The minimum absolute atomic E-state index is 0.149. The molecule has 1 atom stereocenters. The van der Waals surface area contributed by atoms with Gasteiger partial charge in [-0.3, -0.25) is 9.69 Å². The highest BCUT2D eigenvalue weighted by Crippen LogP contribution is 2.32. The van der Waals surface area contributed by atoms with Crippen molar-refractivity contribution in [1.82, 2.24) is 9.80 Å². The molecule has 2 heterocycles. The highest BCUT2D eigenvalue weighted by atomic mass is 35.5. The summed E-state index contributed by atoms with van der Waals surface area (Å²) >= 11 is 7.83. The molecule has 3 nitrogen and oxygen atoms in total. The second-order valence-electron chi connectivity index (χ2n) is 6.08. The van der Waals surface area contributed by atoms with Crippen molar-refractivity contribution in [3.05, 3.63) is 56.7 Å². The van der Waals surface area contributed by atoms with Gasteiger partial charge >= 0.3 is 0 Å². The summed E-state index contributed by atoms with van der Waals surface area (Å²) in [5.74, 6) is 0.149. The molecular weight excluding hydrogens is 328 g/mol. The molecule has 5 heteroatoms. The number of rotatable bonds is 4. The van der Waals surface area contributed by atoms with Crippen LogP contribution in [0.2, 0.25) is 5.02 Å². The number of carbonyl (C=O) groups excluding carboxylic acids is 1. The van der Waals surface area contributed by atoms with Crippen molar-refractivity contribution in [2.45, 2.75) is 25.9 Å². The Morgan fingerprint density at radius 3 is 3.04 bits per heavy atom. The minimum atomic E-state index is 0.149. The van der Waals surface area contributed by atoms with Crippen LogP contribution in [0.5, 0.6) is 0 Å². The molecule has 0 N–H and O–H groups in total. The molecule has 0 spiro atoms. The lowest BCUT2D eigenvalue weighted by Crippen LogP contribution is -2.41. The Labute approximate surface area is 146 Å². The molecule has 23 heavy (non-hydrogen) atoms. The van der Waals surface area contributed by atoms with E-state index in [1.54, 1.807) is 4.90 Å². The molecule has 0 unspecified atom stereocenters. The molecule has 0 fully saturated rings. The number of carbonyl (C=O) groups is 1. The van der Waals surface area contributed by atoms with Gasteiger partial charge in [0.15, 0.2) is 0 Å². The zero-order chi connectivity index (χ0) is 16.4. The van der Waals surface area contributed by atoms with Crippen LogP contribution in [0.1, 0.15) is 29.0 Å². The van der Waals surface area contributed by atoms with Gasteiger partial charge in [-0.15, -0.1) is 11.3 Å². The number of halogens is 1. The molecule has 1 amide bonds. The summed E-state index contributed by atoms with van der Waals surface area (Å²) in [5.41, 5.74) is 2.44. The molecule has 1 aliphatic heterocycles. The fourth-order valence-corrected chi connectivity index (χ4v) is 4.24. The van der Waals surface area contributed by atoms with Crippen LogP contribution in [0.25, 0.3) is 0 Å². The fraction of sp³-hybridized carbons (Fsp3) is 0.389. The van der Waals surface area contributed by atoms with Crippen LogP contribution in [-0.2, 0) is 17.8 Å². The SMILES string of the molecule is C[C@H]1c2ccsc2CCN1CC(=O)N(C)Cc1cccc(Cl)c1. The van der Waals surface area contributed by atoms with Crippen LogP contribution in [0.3, 0.4) is 0 Å². The van der Waals surface area contributed by atoms with Crippen LogP contribution in [0, 0.1) is 0 Å². The van der Waals surface area contributed by atoms with Crippen molar-refractivity contribution in [1.29, 1.82) is 0 Å². The average Bonchev–Trinajstić information content (AvgIpc) is 2.99. The quantitative estimate of drug-likeness (QED) is 0.834. The molecule has 1 aromatic heterocycles. The zero-order valence-electron chi connectivity index (χ0n) is 13.5. The molecule has 0 aliphatic carbocycles. The maximum Gasteiger partial charge on any atom is 0.236 e. The van der Waals surface area contributed by atoms with E-state index in [-0.39, 0.29) is 5.91 Å². The summed E-state index contributed by atoms with van der Waals surface area (Å²) in [7, 11) is 1.86. The third kappa shape index (κ3) is 3.77. The number of hydrogen-bond donors (Lipinski definition) is 0. The Bertz CT molecular complexity index is 700. The van der Waals surface area contributed by atoms with Crippen LogP contribution in [0.15, 0.2) is 35.7 Å². The van der Waals surface area contributed by atoms with E-state index in [9.17, 15) is 4.79 Å². The molecule has 1 aromatic carbocycles. The largest absolute Gasteiger partial charge is 0.340 e. The maximum atomic E-state index is 12.6. The molecular formula is C18H21ClN2OS. The van der Waals surface area contributed by atoms with E-state index >= 15 is 0 Å². The first kappa shape index (κ1) is 16.5. The van der Waals surface area contributed by atoms with Gasteiger partial charge in [0.05, 0.1) is 6.54 Å². The highest BCUT2D eigenvalue weighted by Gasteiger charge is 2.26. The van der Waals surface area contributed by atoms with E-state index < -0.39 is 0 Å². The Kier molecular flexibility index (Phi) is 5.05. The van der Waals surface area contributed by atoms with Crippen molar-refractivity contribution in [3.8, 4) is 0 Å². The van der Waals surface area contributed by atoms with Crippen molar-refractivity contribution in [3.63, 3.8) is 0 Å². The van der Waals surface area contributed by atoms with E-state index in [0.29, 0.717) is 24.2 Å². The van der Waals surface area contributed by atoms with Gasteiger partial charge in [0, 0.05) is 36.1 Å². The molecule has 0 saturated heterocycles. The van der Waals surface area contributed by atoms with Crippen molar-refractivity contribution in [2.24, 2.45) is 0 Å². The standard InChI is InChI=1S/C18H21ClN2OS/c1-13-16-7-9-23-17(16)6-8-21(13)12-18(22)20(2)11-14-4-3-5-15(19)10-14/h3-5,7,9-10,13H,6,8,11-12H2,1-2H3/t13-/m0/s1. The summed E-state index contributed by atoms with van der Waals surface area (Å²) in [4.78, 5) is 18.1. The summed E-state index contributed by atoms with van der Waals surface area (Å²) in [5, 5.41) is 2.86. The Balaban J connectivity index is 1.61. The Morgan fingerprint density at radius 1 is 1.43 bits per heavy atom. The van der Waals surface area contributed by atoms with Gasteiger partial charge in [0.2, 0.25) is 5.91 Å². The van der Waals surface area contributed by atoms with Crippen LogP contribution in [-0.4, -0.2) is 35.8 Å². The van der Waals surface area contributed by atoms with Crippen LogP contribution < -0.4 is 0 Å². The summed E-state index contributed by atoms with van der Waals surface area (Å²) in [6.45, 7) is 4.19. The number of likely N-dealkylation sites (N-methyl/N-ethyl adjacent to an activating group) is 1. The van der Waals surface area contributed by atoms with Gasteiger partial charge in [0.25, 0.3) is 0 Å². The molecule has 3 rings (SSSR count). The lowest BCUT2D eigenvalue weighted by Gasteiger charge is -2.34. The number of amides is 1. The highest BCUT2D eigenvalue weighted by molar-refractivity contribution is 7.10. The first-order valence-electron chi connectivity index (χ1n) is 7.83. The maximum absolute atomic E-state index is 12.6. The predicted molar refractivity (Wildman–Crippen MR) is 95.9 cm³/mol. The molecule has 0 bridgehead atoms. The summed E-state index contributed by atoms with van der Waals surface area (Å²) in [6.07, 6.45) is 1.04. The topological polar surface area (TPSA) is 23.6 Å². The van der Waals surface area contributed by atoms with Gasteiger partial charge in [-0.2, -0.15) is 0 Å². The van der Waals surface area contributed by atoms with Crippen molar-refractivity contribution < 1.29 is 4.79 Å². The summed E-state index contributed by atoms with van der Waals surface area (Å²) in [6, 6.07) is 10.2. The zero-order valence-corrected chi connectivity index (χ0v) is 15.0. The monoisotopic (exact) mass is 348 g/mol. The second kappa shape index (κ2) is 7.04. The number of hydrogen-bond acceptors (Lipinski definition) is 3. The smallest absolute Gasteiger partial charge is 0.236 e.